The molecule has 0 radical (unpaired) electrons. The lowest BCUT2D eigenvalue weighted by molar-refractivity contribution is 0.217. The number of rotatable bonds is 4. The second-order valence-corrected chi connectivity index (χ2v) is 7.66. The molecule has 1 unspecified atom stereocenters. The second kappa shape index (κ2) is 7.72. The number of benzene rings is 2. The van der Waals surface area contributed by atoms with Gasteiger partial charge in [-0.15, -0.1) is 0 Å². The number of para-hydroxylation sites is 1. The Labute approximate surface area is 167 Å². The fraction of sp³-hybridized carbons (Fsp3) is 0.333. The number of phenols is 1. The molecular formula is C24H28N2O2. The minimum absolute atomic E-state index is 0.155. The van der Waals surface area contributed by atoms with Crippen LogP contribution in [0.15, 0.2) is 54.7 Å². The largest absolute Gasteiger partial charge is 0.504 e. The van der Waals surface area contributed by atoms with Gasteiger partial charge in [0.05, 0.1) is 13.2 Å². The van der Waals surface area contributed by atoms with E-state index in [0.717, 1.165) is 25.1 Å². The van der Waals surface area contributed by atoms with Crippen molar-refractivity contribution in [2.75, 3.05) is 13.7 Å². The van der Waals surface area contributed by atoms with E-state index in [1.54, 1.807) is 13.2 Å². The van der Waals surface area contributed by atoms with Crippen LogP contribution in [0, 0.1) is 13.8 Å². The van der Waals surface area contributed by atoms with Crippen molar-refractivity contribution in [2.45, 2.75) is 39.4 Å². The third-order valence-electron chi connectivity index (χ3n) is 5.88. The van der Waals surface area contributed by atoms with Crippen molar-refractivity contribution in [2.24, 2.45) is 0 Å². The Morgan fingerprint density at radius 3 is 2.68 bits per heavy atom. The number of nitrogens with zero attached hydrogens (tertiary/aromatic N) is 2. The van der Waals surface area contributed by atoms with Crippen molar-refractivity contribution in [3.8, 4) is 11.5 Å². The summed E-state index contributed by atoms with van der Waals surface area (Å²) in [7, 11) is 1.59. The Balaban J connectivity index is 1.77. The molecule has 4 heteroatoms. The van der Waals surface area contributed by atoms with E-state index < -0.39 is 0 Å². The SMILES string of the molecule is COc1cccc(CN2CCCn3cccc3C2c2ccc(C)c(C)c2)c1O. The van der Waals surface area contributed by atoms with Crippen molar-refractivity contribution >= 4 is 0 Å². The van der Waals surface area contributed by atoms with Gasteiger partial charge < -0.3 is 14.4 Å². The van der Waals surface area contributed by atoms with Crippen molar-refractivity contribution in [3.63, 3.8) is 0 Å². The molecule has 1 N–H and O–H groups in total. The Kier molecular flexibility index (Phi) is 5.14. The van der Waals surface area contributed by atoms with E-state index in [1.807, 2.05) is 12.1 Å². The maximum atomic E-state index is 10.6. The van der Waals surface area contributed by atoms with E-state index in [2.05, 4.69) is 59.8 Å². The normalized spacial score (nSPS) is 17.2. The number of aromatic nitrogens is 1. The summed E-state index contributed by atoms with van der Waals surface area (Å²) >= 11 is 0. The van der Waals surface area contributed by atoms with E-state index >= 15 is 0 Å². The zero-order valence-corrected chi connectivity index (χ0v) is 16.9. The lowest BCUT2D eigenvalue weighted by Crippen LogP contribution is -2.29. The first-order chi connectivity index (χ1) is 13.6. The highest BCUT2D eigenvalue weighted by molar-refractivity contribution is 5.45. The molecule has 3 aromatic rings. The van der Waals surface area contributed by atoms with Gasteiger partial charge in [0, 0.05) is 37.1 Å². The summed E-state index contributed by atoms with van der Waals surface area (Å²) in [4.78, 5) is 2.47. The van der Waals surface area contributed by atoms with Crippen LogP contribution in [0.4, 0.5) is 0 Å². The molecule has 1 aliphatic rings. The zero-order chi connectivity index (χ0) is 19.7. The van der Waals surface area contributed by atoms with Gasteiger partial charge in [-0.2, -0.15) is 0 Å². The first-order valence-electron chi connectivity index (χ1n) is 9.89. The topological polar surface area (TPSA) is 37.6 Å². The maximum absolute atomic E-state index is 10.6. The molecule has 1 aromatic heterocycles. The third-order valence-corrected chi connectivity index (χ3v) is 5.88. The minimum Gasteiger partial charge on any atom is -0.504 e. The van der Waals surface area contributed by atoms with Crippen LogP contribution in [-0.4, -0.2) is 28.2 Å². The summed E-state index contributed by atoms with van der Waals surface area (Å²) in [5.74, 6) is 0.766. The first kappa shape index (κ1) is 18.6. The van der Waals surface area contributed by atoms with Crippen LogP contribution < -0.4 is 4.74 Å². The van der Waals surface area contributed by atoms with Crippen molar-refractivity contribution in [3.05, 3.63) is 82.7 Å². The van der Waals surface area contributed by atoms with Crippen LogP contribution in [0.2, 0.25) is 0 Å². The number of aromatic hydroxyl groups is 1. The van der Waals surface area contributed by atoms with E-state index in [0.29, 0.717) is 12.3 Å². The molecule has 0 fully saturated rings. The molecule has 1 atom stereocenters. The van der Waals surface area contributed by atoms with Gasteiger partial charge >= 0.3 is 0 Å². The fourth-order valence-corrected chi connectivity index (χ4v) is 4.20. The first-order valence-corrected chi connectivity index (χ1v) is 9.89. The molecule has 2 aromatic carbocycles. The van der Waals surface area contributed by atoms with Gasteiger partial charge in [-0.3, -0.25) is 4.90 Å². The van der Waals surface area contributed by atoms with Gasteiger partial charge in [0.2, 0.25) is 0 Å². The van der Waals surface area contributed by atoms with Crippen LogP contribution in [-0.2, 0) is 13.1 Å². The monoisotopic (exact) mass is 376 g/mol. The Bertz CT molecular complexity index is 976. The lowest BCUT2D eigenvalue weighted by Gasteiger charge is -2.31. The molecule has 0 spiro atoms. The summed E-state index contributed by atoms with van der Waals surface area (Å²) in [5.41, 5.74) is 6.12. The minimum atomic E-state index is 0.155. The number of fused-ring (bicyclic) bond motifs is 1. The molecule has 4 rings (SSSR count). The lowest BCUT2D eigenvalue weighted by atomic mass is 9.97. The summed E-state index contributed by atoms with van der Waals surface area (Å²) in [5, 5.41) is 10.6. The zero-order valence-electron chi connectivity index (χ0n) is 16.9. The molecule has 0 saturated heterocycles. The van der Waals surface area contributed by atoms with Gasteiger partial charge in [-0.25, -0.2) is 0 Å². The standard InChI is InChI=1S/C24H28N2O2/c1-17-10-11-19(15-18(17)2)23-21-8-5-12-25(21)13-6-14-26(23)16-20-7-4-9-22(28-3)24(20)27/h4-5,7-12,15,23,27H,6,13-14,16H2,1-3H3. The molecule has 0 bridgehead atoms. The van der Waals surface area contributed by atoms with E-state index in [1.165, 1.54) is 22.4 Å². The number of methoxy groups -OCH3 is 1. The summed E-state index contributed by atoms with van der Waals surface area (Å²) in [6.07, 6.45) is 3.25. The number of ether oxygens (including phenoxy) is 1. The van der Waals surface area contributed by atoms with E-state index in [9.17, 15) is 5.11 Å². The van der Waals surface area contributed by atoms with Crippen LogP contribution >= 0.6 is 0 Å². The van der Waals surface area contributed by atoms with E-state index in [4.69, 9.17) is 4.74 Å². The Morgan fingerprint density at radius 1 is 1.04 bits per heavy atom. The van der Waals surface area contributed by atoms with Crippen LogP contribution in [0.5, 0.6) is 11.5 Å². The second-order valence-electron chi connectivity index (χ2n) is 7.66. The van der Waals surface area contributed by atoms with Gasteiger partial charge in [-0.05, 0) is 55.2 Å². The van der Waals surface area contributed by atoms with Crippen LogP contribution in [0.1, 0.15) is 40.4 Å². The summed E-state index contributed by atoms with van der Waals surface area (Å²) in [6.45, 7) is 6.99. The third kappa shape index (κ3) is 3.40. The molecule has 0 amide bonds. The number of aryl methyl sites for hydroxylation is 3. The molecule has 0 aliphatic carbocycles. The van der Waals surface area contributed by atoms with Crippen LogP contribution in [0.3, 0.4) is 0 Å². The smallest absolute Gasteiger partial charge is 0.162 e. The Morgan fingerprint density at radius 2 is 1.89 bits per heavy atom. The van der Waals surface area contributed by atoms with Crippen molar-refractivity contribution < 1.29 is 9.84 Å². The highest BCUT2D eigenvalue weighted by Crippen LogP contribution is 2.36. The highest BCUT2D eigenvalue weighted by atomic mass is 16.5. The number of hydrogen-bond donors (Lipinski definition) is 1. The predicted octanol–water partition coefficient (Wildman–Crippen LogP) is 4.81. The molecule has 4 nitrogen and oxygen atoms in total. The highest BCUT2D eigenvalue weighted by Gasteiger charge is 2.28. The number of hydrogen-bond acceptors (Lipinski definition) is 3. The van der Waals surface area contributed by atoms with Gasteiger partial charge in [0.15, 0.2) is 11.5 Å². The Hall–Kier alpha value is -2.72. The van der Waals surface area contributed by atoms with E-state index in [-0.39, 0.29) is 11.8 Å². The average Bonchev–Trinajstić information content (AvgIpc) is 3.07. The van der Waals surface area contributed by atoms with Crippen molar-refractivity contribution in [1.29, 1.82) is 0 Å². The summed E-state index contributed by atoms with van der Waals surface area (Å²) < 4.78 is 7.68. The summed E-state index contributed by atoms with van der Waals surface area (Å²) in [6, 6.07) is 17.0. The maximum Gasteiger partial charge on any atom is 0.162 e. The predicted molar refractivity (Wildman–Crippen MR) is 112 cm³/mol. The average molecular weight is 377 g/mol. The molecule has 0 saturated carbocycles. The van der Waals surface area contributed by atoms with Gasteiger partial charge in [-0.1, -0.05) is 30.3 Å². The molecule has 2 heterocycles. The fourth-order valence-electron chi connectivity index (χ4n) is 4.20. The van der Waals surface area contributed by atoms with Crippen molar-refractivity contribution in [1.82, 2.24) is 9.47 Å². The molecular weight excluding hydrogens is 348 g/mol. The molecule has 28 heavy (non-hydrogen) atoms. The number of phenolic OH excluding ortho intramolecular Hbond substituents is 1. The van der Waals surface area contributed by atoms with Gasteiger partial charge in [0.25, 0.3) is 0 Å². The van der Waals surface area contributed by atoms with Crippen LogP contribution in [0.25, 0.3) is 0 Å². The molecule has 1 aliphatic heterocycles. The molecule has 146 valence electrons. The van der Waals surface area contributed by atoms with Gasteiger partial charge in [0.1, 0.15) is 0 Å². The quantitative estimate of drug-likeness (QED) is 0.710.